The standard InChI is InChI=1S/C14H14N2O2S/c1-11-5-6-14(18)16(15-11)9-13-8-12(10-19-13)4-2-3-7-17/h5-6,8,10,17H,3,7,9H2,1H3. The number of hydrogen-bond donors (Lipinski definition) is 1. The summed E-state index contributed by atoms with van der Waals surface area (Å²) in [4.78, 5) is 12.7. The van der Waals surface area contributed by atoms with Gasteiger partial charge in [0.15, 0.2) is 0 Å². The summed E-state index contributed by atoms with van der Waals surface area (Å²) in [5.41, 5.74) is 1.63. The second-order valence-corrected chi connectivity index (χ2v) is 5.04. The van der Waals surface area contributed by atoms with Crippen LogP contribution in [0.1, 0.15) is 22.6 Å². The average molecular weight is 274 g/mol. The first-order valence-electron chi connectivity index (χ1n) is 5.91. The van der Waals surface area contributed by atoms with E-state index in [0.717, 1.165) is 16.1 Å². The van der Waals surface area contributed by atoms with E-state index in [0.29, 0.717) is 13.0 Å². The average Bonchev–Trinajstić information content (AvgIpc) is 2.82. The van der Waals surface area contributed by atoms with Crippen molar-refractivity contribution in [2.45, 2.75) is 19.9 Å². The fourth-order valence-corrected chi connectivity index (χ4v) is 2.36. The van der Waals surface area contributed by atoms with E-state index < -0.39 is 0 Å². The number of aliphatic hydroxyl groups excluding tert-OH is 1. The van der Waals surface area contributed by atoms with Crippen molar-refractivity contribution in [2.75, 3.05) is 6.61 Å². The summed E-state index contributed by atoms with van der Waals surface area (Å²) in [7, 11) is 0. The predicted octanol–water partition coefficient (Wildman–Crippen LogP) is 1.40. The van der Waals surface area contributed by atoms with Crippen LogP contribution in [-0.2, 0) is 6.54 Å². The number of thiophene rings is 1. The fraction of sp³-hybridized carbons (Fsp3) is 0.286. The van der Waals surface area contributed by atoms with E-state index in [-0.39, 0.29) is 12.2 Å². The molecular formula is C14H14N2O2S. The van der Waals surface area contributed by atoms with Crippen LogP contribution in [0.2, 0.25) is 0 Å². The van der Waals surface area contributed by atoms with Crippen molar-refractivity contribution in [1.29, 1.82) is 0 Å². The van der Waals surface area contributed by atoms with Crippen LogP contribution in [0.4, 0.5) is 0 Å². The predicted molar refractivity (Wildman–Crippen MR) is 75.2 cm³/mol. The van der Waals surface area contributed by atoms with Gasteiger partial charge in [0, 0.05) is 28.3 Å². The Bertz CT molecular complexity index is 676. The maximum atomic E-state index is 11.6. The van der Waals surface area contributed by atoms with Gasteiger partial charge in [0.2, 0.25) is 0 Å². The molecule has 98 valence electrons. The van der Waals surface area contributed by atoms with Crippen LogP contribution in [-0.4, -0.2) is 21.5 Å². The molecule has 0 aromatic carbocycles. The summed E-state index contributed by atoms with van der Waals surface area (Å²) < 4.78 is 1.45. The lowest BCUT2D eigenvalue weighted by Gasteiger charge is -2.02. The van der Waals surface area contributed by atoms with E-state index in [4.69, 9.17) is 5.11 Å². The third-order valence-corrected chi connectivity index (χ3v) is 3.35. The monoisotopic (exact) mass is 274 g/mol. The zero-order valence-electron chi connectivity index (χ0n) is 10.6. The molecule has 0 saturated heterocycles. The van der Waals surface area contributed by atoms with E-state index in [1.807, 2.05) is 18.4 Å². The number of rotatable bonds is 3. The SMILES string of the molecule is Cc1ccc(=O)n(Cc2cc(C#CCCO)cs2)n1. The van der Waals surface area contributed by atoms with Crippen LogP contribution in [0.3, 0.4) is 0 Å². The lowest BCUT2D eigenvalue weighted by Crippen LogP contribution is -2.22. The van der Waals surface area contributed by atoms with Crippen LogP contribution in [0.15, 0.2) is 28.4 Å². The molecule has 0 amide bonds. The molecule has 4 nitrogen and oxygen atoms in total. The van der Waals surface area contributed by atoms with Crippen molar-refractivity contribution in [3.05, 3.63) is 50.1 Å². The Morgan fingerprint density at radius 2 is 2.32 bits per heavy atom. The second kappa shape index (κ2) is 6.32. The van der Waals surface area contributed by atoms with Gasteiger partial charge in [-0.3, -0.25) is 4.79 Å². The van der Waals surface area contributed by atoms with Gasteiger partial charge in [0.1, 0.15) is 0 Å². The third-order valence-electron chi connectivity index (χ3n) is 2.43. The Hall–Kier alpha value is -1.90. The normalized spacial score (nSPS) is 10.0. The fourth-order valence-electron chi connectivity index (χ4n) is 1.56. The molecule has 0 unspecified atom stereocenters. The molecule has 0 saturated carbocycles. The molecule has 5 heteroatoms. The highest BCUT2D eigenvalue weighted by Crippen LogP contribution is 2.14. The van der Waals surface area contributed by atoms with E-state index in [1.54, 1.807) is 17.4 Å². The number of aliphatic hydroxyl groups is 1. The van der Waals surface area contributed by atoms with Gasteiger partial charge < -0.3 is 5.11 Å². The minimum absolute atomic E-state index is 0.0760. The van der Waals surface area contributed by atoms with Gasteiger partial charge >= 0.3 is 0 Å². The molecule has 0 radical (unpaired) electrons. The van der Waals surface area contributed by atoms with Gasteiger partial charge in [-0.1, -0.05) is 11.8 Å². The van der Waals surface area contributed by atoms with Gasteiger partial charge in [0.25, 0.3) is 5.56 Å². The molecular weight excluding hydrogens is 260 g/mol. The minimum Gasteiger partial charge on any atom is -0.395 e. The maximum Gasteiger partial charge on any atom is 0.267 e. The molecule has 0 spiro atoms. The van der Waals surface area contributed by atoms with Crippen molar-refractivity contribution in [1.82, 2.24) is 9.78 Å². The highest BCUT2D eigenvalue weighted by Gasteiger charge is 2.02. The van der Waals surface area contributed by atoms with Crippen molar-refractivity contribution in [3.63, 3.8) is 0 Å². The molecule has 0 aliphatic rings. The van der Waals surface area contributed by atoms with E-state index in [9.17, 15) is 4.79 Å². The van der Waals surface area contributed by atoms with Crippen molar-refractivity contribution < 1.29 is 5.11 Å². The van der Waals surface area contributed by atoms with Gasteiger partial charge in [0.05, 0.1) is 18.8 Å². The molecule has 2 aromatic heterocycles. The van der Waals surface area contributed by atoms with Crippen LogP contribution in [0.5, 0.6) is 0 Å². The largest absolute Gasteiger partial charge is 0.395 e. The lowest BCUT2D eigenvalue weighted by molar-refractivity contribution is 0.305. The topological polar surface area (TPSA) is 55.1 Å². The Morgan fingerprint density at radius 1 is 1.47 bits per heavy atom. The summed E-state index contributed by atoms with van der Waals surface area (Å²) in [6, 6.07) is 5.18. The molecule has 2 heterocycles. The summed E-state index contributed by atoms with van der Waals surface area (Å²) in [5, 5.41) is 14.8. The Kier molecular flexibility index (Phi) is 4.50. The van der Waals surface area contributed by atoms with Crippen molar-refractivity contribution in [2.24, 2.45) is 0 Å². The zero-order valence-corrected chi connectivity index (χ0v) is 11.4. The van der Waals surface area contributed by atoms with Crippen LogP contribution >= 0.6 is 11.3 Å². The van der Waals surface area contributed by atoms with Crippen molar-refractivity contribution in [3.8, 4) is 11.8 Å². The van der Waals surface area contributed by atoms with Crippen LogP contribution in [0, 0.1) is 18.8 Å². The van der Waals surface area contributed by atoms with Gasteiger partial charge in [-0.15, -0.1) is 11.3 Å². The number of nitrogens with zero attached hydrogens (tertiary/aromatic N) is 2. The molecule has 0 atom stereocenters. The molecule has 0 fully saturated rings. The summed E-state index contributed by atoms with van der Waals surface area (Å²) in [5.74, 6) is 5.84. The number of hydrogen-bond acceptors (Lipinski definition) is 4. The first-order chi connectivity index (χ1) is 9.19. The Morgan fingerprint density at radius 3 is 3.11 bits per heavy atom. The molecule has 2 aromatic rings. The molecule has 0 aliphatic carbocycles. The smallest absolute Gasteiger partial charge is 0.267 e. The first-order valence-corrected chi connectivity index (χ1v) is 6.79. The van der Waals surface area contributed by atoms with E-state index >= 15 is 0 Å². The number of aryl methyl sites for hydroxylation is 1. The highest BCUT2D eigenvalue weighted by molar-refractivity contribution is 7.10. The quantitative estimate of drug-likeness (QED) is 0.861. The van der Waals surface area contributed by atoms with E-state index in [2.05, 4.69) is 16.9 Å². The molecule has 1 N–H and O–H groups in total. The minimum atomic E-state index is -0.105. The van der Waals surface area contributed by atoms with E-state index in [1.165, 1.54) is 10.7 Å². The number of aromatic nitrogens is 2. The maximum absolute atomic E-state index is 11.6. The summed E-state index contributed by atoms with van der Waals surface area (Å²) in [6.45, 7) is 2.40. The summed E-state index contributed by atoms with van der Waals surface area (Å²) >= 11 is 1.55. The zero-order chi connectivity index (χ0) is 13.7. The van der Waals surface area contributed by atoms with Gasteiger partial charge in [-0.25, -0.2) is 4.68 Å². The second-order valence-electron chi connectivity index (χ2n) is 4.05. The molecule has 0 aliphatic heterocycles. The Balaban J connectivity index is 2.14. The van der Waals surface area contributed by atoms with Crippen LogP contribution < -0.4 is 5.56 Å². The van der Waals surface area contributed by atoms with Gasteiger partial charge in [-0.05, 0) is 19.1 Å². The third kappa shape index (κ3) is 3.78. The molecule has 19 heavy (non-hydrogen) atoms. The summed E-state index contributed by atoms with van der Waals surface area (Å²) in [6.07, 6.45) is 0.476. The Labute approximate surface area is 115 Å². The molecule has 2 rings (SSSR count). The van der Waals surface area contributed by atoms with Crippen LogP contribution in [0.25, 0.3) is 0 Å². The van der Waals surface area contributed by atoms with Gasteiger partial charge in [-0.2, -0.15) is 5.10 Å². The lowest BCUT2D eigenvalue weighted by atomic mass is 10.3. The highest BCUT2D eigenvalue weighted by atomic mass is 32.1. The first kappa shape index (κ1) is 13.5. The molecule has 0 bridgehead atoms. The van der Waals surface area contributed by atoms with Crippen molar-refractivity contribution >= 4 is 11.3 Å².